The fraction of sp³-hybridized carbons (Fsp3) is 0.350. The summed E-state index contributed by atoms with van der Waals surface area (Å²) in [4.78, 5) is 25.1. The van der Waals surface area contributed by atoms with Crippen LogP contribution < -0.4 is 5.32 Å². The van der Waals surface area contributed by atoms with Gasteiger partial charge >= 0.3 is 0 Å². The van der Waals surface area contributed by atoms with E-state index in [0.717, 1.165) is 0 Å². The van der Waals surface area contributed by atoms with E-state index in [1.165, 1.54) is 6.08 Å². The third-order valence-corrected chi connectivity index (χ3v) is 4.16. The Morgan fingerprint density at radius 2 is 1.92 bits per heavy atom. The monoisotopic (exact) mass is 340 g/mol. The topological polar surface area (TPSA) is 70.0 Å². The number of Topliss-reactive ketones (excluding diaryl/α,β-unsaturated/α-hetero) is 1. The van der Waals surface area contributed by atoms with E-state index in [4.69, 9.17) is 5.26 Å². The minimum atomic E-state index is -0.770. The summed E-state index contributed by atoms with van der Waals surface area (Å²) in [5.41, 5.74) is 0.840. The maximum Gasteiger partial charge on any atom is 0.254 e. The highest BCUT2D eigenvalue weighted by Crippen LogP contribution is 2.24. The van der Waals surface area contributed by atoms with Gasteiger partial charge in [-0.2, -0.15) is 5.26 Å². The molecule has 0 bridgehead atoms. The molecule has 0 radical (unpaired) electrons. The van der Waals surface area contributed by atoms with Crippen LogP contribution in [0.15, 0.2) is 47.8 Å². The third kappa shape index (κ3) is 4.42. The van der Waals surface area contributed by atoms with Gasteiger partial charge in [0.1, 0.15) is 5.83 Å². The van der Waals surface area contributed by atoms with E-state index in [9.17, 15) is 14.0 Å². The summed E-state index contributed by atoms with van der Waals surface area (Å²) in [6.45, 7) is 5.50. The first kappa shape index (κ1) is 18.6. The van der Waals surface area contributed by atoms with E-state index in [-0.39, 0.29) is 23.2 Å². The van der Waals surface area contributed by atoms with Crippen LogP contribution in [0.3, 0.4) is 0 Å². The molecule has 4 nitrogen and oxygen atoms in total. The van der Waals surface area contributed by atoms with Gasteiger partial charge in [-0.15, -0.1) is 0 Å². The Kier molecular flexibility index (Phi) is 5.87. The van der Waals surface area contributed by atoms with Gasteiger partial charge in [0.2, 0.25) is 0 Å². The van der Waals surface area contributed by atoms with Crippen molar-refractivity contribution in [2.24, 2.45) is 11.8 Å². The number of benzene rings is 1. The third-order valence-electron chi connectivity index (χ3n) is 4.16. The molecule has 0 spiro atoms. The van der Waals surface area contributed by atoms with Crippen molar-refractivity contribution in [3.63, 3.8) is 0 Å². The van der Waals surface area contributed by atoms with E-state index in [2.05, 4.69) is 5.32 Å². The number of hydrogen-bond acceptors (Lipinski definition) is 3. The zero-order valence-corrected chi connectivity index (χ0v) is 14.5. The smallest absolute Gasteiger partial charge is 0.254 e. The predicted octanol–water partition coefficient (Wildman–Crippen LogP) is 3.70. The van der Waals surface area contributed by atoms with Crippen LogP contribution in [0.5, 0.6) is 0 Å². The Labute approximate surface area is 147 Å². The Balaban J connectivity index is 2.18. The molecule has 0 fully saturated rings. The van der Waals surface area contributed by atoms with Crippen LogP contribution in [0.25, 0.3) is 0 Å². The van der Waals surface area contributed by atoms with E-state index in [1.807, 2.05) is 26.8 Å². The lowest BCUT2D eigenvalue weighted by atomic mass is 9.93. The van der Waals surface area contributed by atoms with Crippen LogP contribution in [0.1, 0.15) is 43.1 Å². The molecule has 0 heterocycles. The van der Waals surface area contributed by atoms with E-state index < -0.39 is 17.8 Å². The molecular weight excluding hydrogens is 319 g/mol. The van der Waals surface area contributed by atoms with Gasteiger partial charge in [-0.1, -0.05) is 39.0 Å². The van der Waals surface area contributed by atoms with Gasteiger partial charge in [0.15, 0.2) is 5.78 Å². The number of nitriles is 1. The molecule has 2 atom stereocenters. The van der Waals surface area contributed by atoms with Crippen molar-refractivity contribution in [1.82, 2.24) is 5.32 Å². The second-order valence-electron chi connectivity index (χ2n) is 6.59. The maximum absolute atomic E-state index is 14.0. The van der Waals surface area contributed by atoms with Crippen LogP contribution in [0, 0.1) is 23.2 Å². The molecule has 1 aromatic rings. The molecule has 1 amide bonds. The molecule has 130 valence electrons. The minimum absolute atomic E-state index is 0.0172. The summed E-state index contributed by atoms with van der Waals surface area (Å²) >= 11 is 0. The molecule has 0 saturated carbocycles. The van der Waals surface area contributed by atoms with Crippen molar-refractivity contribution in [3.8, 4) is 6.07 Å². The number of amides is 1. The Hall–Kier alpha value is -2.74. The summed E-state index contributed by atoms with van der Waals surface area (Å²) < 4.78 is 14.0. The largest absolute Gasteiger partial charge is 0.342 e. The van der Waals surface area contributed by atoms with E-state index >= 15 is 0 Å². The van der Waals surface area contributed by atoms with Crippen LogP contribution in [-0.2, 0) is 4.79 Å². The Bertz CT molecular complexity index is 770. The standard InChI is InChI=1S/C20H21FN2O2/c1-12(2)18(19(24)15-7-5-14(11-22)6-8-15)23-20(25)16-9-4-13(3)10-17(16)21/h5-10,12-13,18H,4H2,1-3H3,(H,23,25). The first-order chi connectivity index (χ1) is 11.8. The number of carbonyl (C=O) groups excluding carboxylic acids is 2. The summed E-state index contributed by atoms with van der Waals surface area (Å²) in [6.07, 6.45) is 3.58. The highest BCUT2D eigenvalue weighted by molar-refractivity contribution is 6.05. The highest BCUT2D eigenvalue weighted by Gasteiger charge is 2.28. The number of halogens is 1. The van der Waals surface area contributed by atoms with Gasteiger partial charge in [-0.25, -0.2) is 4.39 Å². The van der Waals surface area contributed by atoms with Crippen molar-refractivity contribution < 1.29 is 14.0 Å². The highest BCUT2D eigenvalue weighted by atomic mass is 19.1. The van der Waals surface area contributed by atoms with Crippen LogP contribution >= 0.6 is 0 Å². The molecule has 2 rings (SSSR count). The zero-order valence-electron chi connectivity index (χ0n) is 14.5. The summed E-state index contributed by atoms with van der Waals surface area (Å²) in [5, 5.41) is 11.5. The lowest BCUT2D eigenvalue weighted by molar-refractivity contribution is -0.118. The van der Waals surface area contributed by atoms with Crippen molar-refractivity contribution >= 4 is 11.7 Å². The summed E-state index contributed by atoms with van der Waals surface area (Å²) in [5.74, 6) is -1.51. The van der Waals surface area contributed by atoms with E-state index in [1.54, 1.807) is 30.3 Å². The van der Waals surface area contributed by atoms with Crippen LogP contribution in [-0.4, -0.2) is 17.7 Å². The van der Waals surface area contributed by atoms with Gasteiger partial charge in [0.05, 0.1) is 23.2 Å². The van der Waals surface area contributed by atoms with E-state index in [0.29, 0.717) is 17.5 Å². The number of hydrogen-bond donors (Lipinski definition) is 1. The van der Waals surface area contributed by atoms with Gasteiger partial charge in [-0.3, -0.25) is 9.59 Å². The average Bonchev–Trinajstić information content (AvgIpc) is 2.58. The predicted molar refractivity (Wildman–Crippen MR) is 93.3 cm³/mol. The second kappa shape index (κ2) is 7.89. The normalized spacial score (nSPS) is 18.0. The zero-order chi connectivity index (χ0) is 18.6. The summed E-state index contributed by atoms with van der Waals surface area (Å²) in [7, 11) is 0. The molecular formula is C20H21FN2O2. The molecule has 1 N–H and O–H groups in total. The van der Waals surface area contributed by atoms with Crippen LogP contribution in [0.4, 0.5) is 4.39 Å². The van der Waals surface area contributed by atoms with Gasteiger partial charge in [-0.05, 0) is 36.5 Å². The van der Waals surface area contributed by atoms with Crippen LogP contribution in [0.2, 0.25) is 0 Å². The maximum atomic E-state index is 14.0. The first-order valence-corrected chi connectivity index (χ1v) is 8.26. The minimum Gasteiger partial charge on any atom is -0.342 e. The second-order valence-corrected chi connectivity index (χ2v) is 6.59. The Morgan fingerprint density at radius 3 is 2.44 bits per heavy atom. The lowest BCUT2D eigenvalue weighted by Crippen LogP contribution is -2.45. The van der Waals surface area contributed by atoms with Gasteiger partial charge < -0.3 is 5.32 Å². The number of ketones is 1. The number of rotatable bonds is 5. The molecule has 1 aliphatic carbocycles. The number of carbonyl (C=O) groups is 2. The fourth-order valence-corrected chi connectivity index (χ4v) is 2.65. The van der Waals surface area contributed by atoms with Crippen molar-refractivity contribution in [2.45, 2.75) is 33.2 Å². The van der Waals surface area contributed by atoms with Crippen molar-refractivity contribution in [1.29, 1.82) is 5.26 Å². The van der Waals surface area contributed by atoms with Crippen molar-refractivity contribution in [3.05, 3.63) is 58.9 Å². The molecule has 1 aliphatic rings. The number of allylic oxidation sites excluding steroid dienone is 2. The first-order valence-electron chi connectivity index (χ1n) is 8.26. The molecule has 0 aromatic heterocycles. The SMILES string of the molecule is CC1C=C(F)C(C(=O)NC(C(=O)c2ccc(C#N)cc2)C(C)C)=CC1. The number of nitrogens with one attached hydrogen (secondary N) is 1. The molecule has 1 aromatic carbocycles. The molecule has 0 saturated heterocycles. The molecule has 0 aliphatic heterocycles. The molecule has 5 heteroatoms. The Morgan fingerprint density at radius 1 is 1.28 bits per heavy atom. The summed E-state index contributed by atoms with van der Waals surface area (Å²) in [6, 6.07) is 7.45. The molecule has 25 heavy (non-hydrogen) atoms. The number of nitrogens with zero attached hydrogens (tertiary/aromatic N) is 1. The van der Waals surface area contributed by atoms with Gasteiger partial charge in [0, 0.05) is 5.56 Å². The van der Waals surface area contributed by atoms with Crippen molar-refractivity contribution in [2.75, 3.05) is 0 Å². The lowest BCUT2D eigenvalue weighted by Gasteiger charge is -2.23. The fourth-order valence-electron chi connectivity index (χ4n) is 2.65. The quantitative estimate of drug-likeness (QED) is 0.831. The average molecular weight is 340 g/mol. The van der Waals surface area contributed by atoms with Gasteiger partial charge in [0.25, 0.3) is 5.91 Å². The molecule has 2 unspecified atom stereocenters.